The smallest absolute Gasteiger partial charge is 0.326 e. The maximum absolute atomic E-state index is 13.2. The number of carboxylic acids is 2. The fourth-order valence-electron chi connectivity index (χ4n) is 3.54. The summed E-state index contributed by atoms with van der Waals surface area (Å²) in [6.07, 6.45) is 1.35. The normalized spacial score (nSPS) is 13.8. The third-order valence-electron chi connectivity index (χ3n) is 5.55. The summed E-state index contributed by atoms with van der Waals surface area (Å²) in [6.45, 7) is 0. The van der Waals surface area contributed by atoms with Gasteiger partial charge in [-0.3, -0.25) is 24.0 Å². The number of hydrogen-bond acceptors (Lipinski definition) is 8. The molecule has 0 saturated carbocycles. The number of nitrogens with two attached hydrogens (primary N) is 2. The highest BCUT2D eigenvalue weighted by Gasteiger charge is 2.31. The number of hydrogen-bond donors (Lipinski definition) is 8. The standard InChI is InChI=1S/C24H31N7O8/c25-15(9-14-11-27-12-28-14)21(35)30-17(8-13-4-2-1-3-5-13)22(36)31-18(10-19(26)32)23(37)29-16(24(38)39)6-7-20(33)34/h1-5,11-12,15-18H,6-10,25H2,(H2,26,32)(H,27,28)(H,29,37)(H,30,35)(H,31,36)(H,33,34)(H,38,39). The van der Waals surface area contributed by atoms with E-state index < -0.39 is 79.0 Å². The summed E-state index contributed by atoms with van der Waals surface area (Å²) >= 11 is 0. The molecule has 1 aromatic heterocycles. The topological polar surface area (TPSA) is 260 Å². The molecule has 4 unspecified atom stereocenters. The Kier molecular flexibility index (Phi) is 11.6. The number of aliphatic carboxylic acids is 2. The molecule has 0 bridgehead atoms. The van der Waals surface area contributed by atoms with Gasteiger partial charge in [0, 0.05) is 31.2 Å². The minimum Gasteiger partial charge on any atom is -0.481 e. The zero-order valence-corrected chi connectivity index (χ0v) is 20.8. The molecule has 2 aromatic rings. The summed E-state index contributed by atoms with van der Waals surface area (Å²) in [4.78, 5) is 79.4. The van der Waals surface area contributed by atoms with Gasteiger partial charge < -0.3 is 42.6 Å². The zero-order chi connectivity index (χ0) is 28.9. The van der Waals surface area contributed by atoms with Crippen molar-refractivity contribution in [2.45, 2.75) is 56.3 Å². The average Bonchev–Trinajstić information content (AvgIpc) is 3.38. The highest BCUT2D eigenvalue weighted by atomic mass is 16.4. The quantitative estimate of drug-likeness (QED) is 0.113. The largest absolute Gasteiger partial charge is 0.481 e. The van der Waals surface area contributed by atoms with Gasteiger partial charge in [0.1, 0.15) is 18.1 Å². The third kappa shape index (κ3) is 10.6. The van der Waals surface area contributed by atoms with Crippen LogP contribution in [0.1, 0.15) is 30.5 Å². The Morgan fingerprint density at radius 1 is 0.872 bits per heavy atom. The van der Waals surface area contributed by atoms with Gasteiger partial charge in [-0.2, -0.15) is 0 Å². The number of nitrogens with one attached hydrogen (secondary N) is 4. The number of imidazole rings is 1. The van der Waals surface area contributed by atoms with Gasteiger partial charge in [0.05, 0.1) is 18.8 Å². The SMILES string of the molecule is NC(=O)CC(NC(=O)C(Cc1ccccc1)NC(=O)C(N)Cc1cnc[nH]1)C(=O)NC(CCC(=O)O)C(=O)O. The summed E-state index contributed by atoms with van der Waals surface area (Å²) in [5, 5.41) is 25.1. The van der Waals surface area contributed by atoms with E-state index in [4.69, 9.17) is 16.6 Å². The van der Waals surface area contributed by atoms with Crippen LogP contribution in [0.5, 0.6) is 0 Å². The van der Waals surface area contributed by atoms with Crippen LogP contribution in [0.2, 0.25) is 0 Å². The van der Waals surface area contributed by atoms with Crippen LogP contribution >= 0.6 is 0 Å². The fourth-order valence-corrected chi connectivity index (χ4v) is 3.54. The molecule has 39 heavy (non-hydrogen) atoms. The minimum absolute atomic E-state index is 0.00351. The monoisotopic (exact) mass is 545 g/mol. The van der Waals surface area contributed by atoms with E-state index >= 15 is 0 Å². The molecule has 1 heterocycles. The highest BCUT2D eigenvalue weighted by Crippen LogP contribution is 2.07. The van der Waals surface area contributed by atoms with Crippen molar-refractivity contribution in [2.24, 2.45) is 11.5 Å². The van der Waals surface area contributed by atoms with E-state index in [9.17, 15) is 33.9 Å². The predicted octanol–water partition coefficient (Wildman–Crippen LogP) is -2.20. The first-order valence-electron chi connectivity index (χ1n) is 11.9. The summed E-state index contributed by atoms with van der Waals surface area (Å²) in [7, 11) is 0. The van der Waals surface area contributed by atoms with Crippen molar-refractivity contribution in [1.82, 2.24) is 25.9 Å². The molecule has 0 spiro atoms. The van der Waals surface area contributed by atoms with Crippen LogP contribution in [0.4, 0.5) is 0 Å². The van der Waals surface area contributed by atoms with Gasteiger partial charge in [-0.15, -0.1) is 0 Å². The lowest BCUT2D eigenvalue weighted by Gasteiger charge is -2.25. The average molecular weight is 546 g/mol. The predicted molar refractivity (Wildman–Crippen MR) is 135 cm³/mol. The first-order chi connectivity index (χ1) is 18.5. The van der Waals surface area contributed by atoms with Gasteiger partial charge in [-0.1, -0.05) is 30.3 Å². The van der Waals surface area contributed by atoms with Gasteiger partial charge in [0.25, 0.3) is 0 Å². The number of carboxylic acid groups (broad SMARTS) is 2. The van der Waals surface area contributed by atoms with Crippen LogP contribution < -0.4 is 27.4 Å². The summed E-state index contributed by atoms with van der Waals surface area (Å²) in [5.74, 6) is -6.35. The number of amides is 4. The lowest BCUT2D eigenvalue weighted by molar-refractivity contribution is -0.143. The van der Waals surface area contributed by atoms with E-state index in [-0.39, 0.29) is 12.8 Å². The molecule has 4 atom stereocenters. The summed E-state index contributed by atoms with van der Waals surface area (Å²) in [6, 6.07) is 3.15. The molecule has 0 fully saturated rings. The summed E-state index contributed by atoms with van der Waals surface area (Å²) < 4.78 is 0. The van der Waals surface area contributed by atoms with Gasteiger partial charge in [0.15, 0.2) is 0 Å². The van der Waals surface area contributed by atoms with Crippen LogP contribution in [0, 0.1) is 0 Å². The first-order valence-corrected chi connectivity index (χ1v) is 11.9. The van der Waals surface area contributed by atoms with Gasteiger partial charge in [0.2, 0.25) is 23.6 Å². The molecule has 210 valence electrons. The number of primary amides is 1. The zero-order valence-electron chi connectivity index (χ0n) is 20.8. The third-order valence-corrected chi connectivity index (χ3v) is 5.55. The Balaban J connectivity index is 2.19. The highest BCUT2D eigenvalue weighted by molar-refractivity contribution is 5.96. The number of carbonyl (C=O) groups is 6. The molecular formula is C24H31N7O8. The number of rotatable bonds is 16. The van der Waals surface area contributed by atoms with E-state index in [1.807, 2.05) is 0 Å². The van der Waals surface area contributed by atoms with Crippen molar-refractivity contribution in [3.8, 4) is 0 Å². The van der Waals surface area contributed by atoms with E-state index in [0.717, 1.165) is 0 Å². The molecular weight excluding hydrogens is 514 g/mol. The van der Waals surface area contributed by atoms with Crippen molar-refractivity contribution < 1.29 is 39.0 Å². The van der Waals surface area contributed by atoms with E-state index in [2.05, 4.69) is 25.9 Å². The molecule has 10 N–H and O–H groups in total. The van der Waals surface area contributed by atoms with Crippen molar-refractivity contribution >= 4 is 35.6 Å². The van der Waals surface area contributed by atoms with Crippen LogP contribution in [-0.2, 0) is 41.6 Å². The summed E-state index contributed by atoms with van der Waals surface area (Å²) in [5.41, 5.74) is 12.5. The molecule has 15 nitrogen and oxygen atoms in total. The maximum atomic E-state index is 13.2. The Morgan fingerprint density at radius 2 is 1.49 bits per heavy atom. The van der Waals surface area contributed by atoms with Crippen LogP contribution in [0.15, 0.2) is 42.9 Å². The second-order valence-corrected chi connectivity index (χ2v) is 8.70. The lowest BCUT2D eigenvalue weighted by Crippen LogP contribution is -2.58. The first kappa shape index (κ1) is 30.4. The molecule has 0 aliphatic rings. The number of nitrogens with zero attached hydrogens (tertiary/aromatic N) is 1. The Labute approximate surface area is 222 Å². The number of H-pyrrole nitrogens is 1. The molecule has 2 rings (SSSR count). The van der Waals surface area contributed by atoms with Crippen LogP contribution in [0.25, 0.3) is 0 Å². The Morgan fingerprint density at radius 3 is 2.05 bits per heavy atom. The van der Waals surface area contributed by atoms with Gasteiger partial charge in [-0.05, 0) is 12.0 Å². The fraction of sp³-hybridized carbons (Fsp3) is 0.375. The second-order valence-electron chi connectivity index (χ2n) is 8.70. The molecule has 0 aliphatic carbocycles. The number of benzene rings is 1. The molecule has 0 radical (unpaired) electrons. The number of aromatic amines is 1. The maximum Gasteiger partial charge on any atom is 0.326 e. The Bertz CT molecular complexity index is 1160. The van der Waals surface area contributed by atoms with E-state index in [1.54, 1.807) is 30.3 Å². The van der Waals surface area contributed by atoms with Crippen LogP contribution in [-0.4, -0.2) is 79.9 Å². The molecule has 1 aromatic carbocycles. The minimum atomic E-state index is -1.60. The number of carbonyl (C=O) groups excluding carboxylic acids is 4. The van der Waals surface area contributed by atoms with Crippen molar-refractivity contribution in [3.63, 3.8) is 0 Å². The molecule has 4 amide bonds. The van der Waals surface area contributed by atoms with Crippen LogP contribution in [0.3, 0.4) is 0 Å². The van der Waals surface area contributed by atoms with E-state index in [1.165, 1.54) is 12.5 Å². The van der Waals surface area contributed by atoms with Crippen molar-refractivity contribution in [1.29, 1.82) is 0 Å². The molecule has 15 heteroatoms. The Hall–Kier alpha value is -4.79. The van der Waals surface area contributed by atoms with Gasteiger partial charge in [-0.25, -0.2) is 9.78 Å². The molecule has 0 saturated heterocycles. The van der Waals surface area contributed by atoms with Crippen molar-refractivity contribution in [2.75, 3.05) is 0 Å². The van der Waals surface area contributed by atoms with E-state index in [0.29, 0.717) is 11.3 Å². The second kappa shape index (κ2) is 14.8. The van der Waals surface area contributed by atoms with Crippen molar-refractivity contribution in [3.05, 3.63) is 54.1 Å². The number of aromatic nitrogens is 2. The lowest BCUT2D eigenvalue weighted by atomic mass is 10.0. The van der Waals surface area contributed by atoms with Gasteiger partial charge >= 0.3 is 11.9 Å². The molecule has 0 aliphatic heterocycles.